The van der Waals surface area contributed by atoms with E-state index in [1.54, 1.807) is 17.4 Å². The lowest BCUT2D eigenvalue weighted by molar-refractivity contribution is 1.03. The Balaban J connectivity index is 1.97. The smallest absolute Gasteiger partial charge is 0.175 e. The topological polar surface area (TPSA) is 50.7 Å². The maximum Gasteiger partial charge on any atom is 0.175 e. The second-order valence-corrected chi connectivity index (χ2v) is 5.16. The van der Waals surface area contributed by atoms with Crippen LogP contribution in [0.4, 0.5) is 11.4 Å². The molecular weight excluding hydrogens is 291 g/mol. The Morgan fingerprint density at radius 1 is 1.11 bits per heavy atom. The minimum absolute atomic E-state index is 0.281. The van der Waals surface area contributed by atoms with E-state index in [1.807, 2.05) is 23.7 Å². The molecule has 0 unspecified atom stereocenters. The maximum absolute atomic E-state index is 5.94. The van der Waals surface area contributed by atoms with Crippen LogP contribution in [0.1, 0.15) is 0 Å². The van der Waals surface area contributed by atoms with Gasteiger partial charge < -0.3 is 5.32 Å². The van der Waals surface area contributed by atoms with Crippen LogP contribution in [0, 0.1) is 0 Å². The number of halogens is 2. The van der Waals surface area contributed by atoms with Gasteiger partial charge in [-0.3, -0.25) is 0 Å². The van der Waals surface area contributed by atoms with Gasteiger partial charge in [0.1, 0.15) is 0 Å². The molecule has 2 aromatic heterocycles. The molecule has 18 heavy (non-hydrogen) atoms. The molecule has 1 aromatic carbocycles. The normalized spacial score (nSPS) is 10.8. The number of fused-ring (bicyclic) bond motifs is 1. The summed E-state index contributed by atoms with van der Waals surface area (Å²) in [5, 5.41) is 11.1. The first kappa shape index (κ1) is 11.6. The summed E-state index contributed by atoms with van der Waals surface area (Å²) in [6.07, 6.45) is 0. The third-order valence-electron chi connectivity index (χ3n) is 2.33. The Kier molecular flexibility index (Phi) is 3.03. The molecule has 4 nitrogen and oxygen atoms in total. The van der Waals surface area contributed by atoms with Crippen LogP contribution in [0.3, 0.4) is 0 Å². The van der Waals surface area contributed by atoms with Crippen LogP contribution < -0.4 is 5.32 Å². The zero-order chi connectivity index (χ0) is 12.5. The Morgan fingerprint density at radius 2 is 2.00 bits per heavy atom. The minimum Gasteiger partial charge on any atom is -0.353 e. The Hall–Kier alpha value is -1.43. The number of thiazole rings is 1. The predicted octanol–water partition coefficient (Wildman–Crippen LogP) is 4.14. The van der Waals surface area contributed by atoms with Gasteiger partial charge in [-0.25, -0.2) is 4.98 Å². The van der Waals surface area contributed by atoms with E-state index in [0.29, 0.717) is 10.8 Å². The number of hydrogen-bond donors (Lipinski definition) is 1. The van der Waals surface area contributed by atoms with Crippen molar-refractivity contribution in [3.05, 3.63) is 40.1 Å². The zero-order valence-corrected chi connectivity index (χ0v) is 11.2. The fraction of sp³-hybridized carbons (Fsp3) is 0. The van der Waals surface area contributed by atoms with Crippen LogP contribution >= 0.6 is 34.5 Å². The Bertz CT molecular complexity index is 713. The van der Waals surface area contributed by atoms with E-state index >= 15 is 0 Å². The summed E-state index contributed by atoms with van der Waals surface area (Å²) in [6, 6.07) is 7.50. The molecule has 0 atom stereocenters. The van der Waals surface area contributed by atoms with Crippen molar-refractivity contribution >= 4 is 56.1 Å². The molecular formula is C11H6Cl2N4S. The van der Waals surface area contributed by atoms with Crippen molar-refractivity contribution in [2.75, 3.05) is 5.32 Å². The van der Waals surface area contributed by atoms with E-state index in [0.717, 1.165) is 15.9 Å². The number of nitrogens with zero attached hydrogens (tertiary/aromatic N) is 3. The molecule has 1 N–H and O–H groups in total. The summed E-state index contributed by atoms with van der Waals surface area (Å²) in [6.45, 7) is 0. The SMILES string of the molecule is Clc1cc(Nc2ccc3ncsc3c2)c(Cl)nn1. The molecule has 0 aliphatic carbocycles. The summed E-state index contributed by atoms with van der Waals surface area (Å²) in [5.74, 6) is 0. The van der Waals surface area contributed by atoms with Crippen LogP contribution in [0.15, 0.2) is 29.8 Å². The standard InChI is InChI=1S/C11H6Cl2N4S/c12-10-4-8(11(13)17-16-10)15-6-1-2-7-9(3-6)18-5-14-7/h1-5H,(H,15,16). The minimum atomic E-state index is 0.281. The number of benzene rings is 1. The third kappa shape index (κ3) is 2.25. The Morgan fingerprint density at radius 3 is 2.89 bits per heavy atom. The molecule has 0 aliphatic rings. The molecule has 0 saturated heterocycles. The van der Waals surface area contributed by atoms with Gasteiger partial charge in [0.2, 0.25) is 0 Å². The molecule has 0 aliphatic heterocycles. The largest absolute Gasteiger partial charge is 0.353 e. The highest BCUT2D eigenvalue weighted by atomic mass is 35.5. The van der Waals surface area contributed by atoms with Crippen molar-refractivity contribution in [2.24, 2.45) is 0 Å². The second-order valence-electron chi connectivity index (χ2n) is 3.53. The number of hydrogen-bond acceptors (Lipinski definition) is 5. The first-order valence-electron chi connectivity index (χ1n) is 5.01. The van der Waals surface area contributed by atoms with Crippen LogP contribution in [0.5, 0.6) is 0 Å². The van der Waals surface area contributed by atoms with Gasteiger partial charge >= 0.3 is 0 Å². The number of nitrogens with one attached hydrogen (secondary N) is 1. The number of aromatic nitrogens is 3. The van der Waals surface area contributed by atoms with E-state index in [2.05, 4.69) is 20.5 Å². The van der Waals surface area contributed by atoms with Crippen LogP contribution in [-0.2, 0) is 0 Å². The van der Waals surface area contributed by atoms with E-state index in [9.17, 15) is 0 Å². The summed E-state index contributed by atoms with van der Waals surface area (Å²) in [7, 11) is 0. The highest BCUT2D eigenvalue weighted by Crippen LogP contribution is 2.27. The van der Waals surface area contributed by atoms with Crippen molar-refractivity contribution in [1.29, 1.82) is 0 Å². The monoisotopic (exact) mass is 296 g/mol. The summed E-state index contributed by atoms with van der Waals surface area (Å²) in [4.78, 5) is 4.22. The summed E-state index contributed by atoms with van der Waals surface area (Å²) >= 11 is 13.3. The second kappa shape index (κ2) is 4.68. The first-order valence-corrected chi connectivity index (χ1v) is 6.65. The first-order chi connectivity index (χ1) is 8.72. The van der Waals surface area contributed by atoms with E-state index < -0.39 is 0 Å². The van der Waals surface area contributed by atoms with Crippen molar-refractivity contribution in [3.63, 3.8) is 0 Å². The molecule has 2 heterocycles. The van der Waals surface area contributed by atoms with Gasteiger partial charge in [-0.05, 0) is 18.2 Å². The lowest BCUT2D eigenvalue weighted by atomic mass is 10.3. The quantitative estimate of drug-likeness (QED) is 0.772. The molecule has 0 radical (unpaired) electrons. The van der Waals surface area contributed by atoms with Gasteiger partial charge in [-0.1, -0.05) is 23.2 Å². The van der Waals surface area contributed by atoms with Gasteiger partial charge in [0.05, 0.1) is 21.4 Å². The van der Waals surface area contributed by atoms with Crippen LogP contribution in [-0.4, -0.2) is 15.2 Å². The summed E-state index contributed by atoms with van der Waals surface area (Å²) in [5.41, 5.74) is 4.31. The fourth-order valence-electron chi connectivity index (χ4n) is 1.53. The highest BCUT2D eigenvalue weighted by molar-refractivity contribution is 7.16. The lowest BCUT2D eigenvalue weighted by Gasteiger charge is -2.07. The molecule has 3 aromatic rings. The molecule has 7 heteroatoms. The van der Waals surface area contributed by atoms with Gasteiger partial charge in [0.15, 0.2) is 10.3 Å². The van der Waals surface area contributed by atoms with E-state index in [4.69, 9.17) is 23.2 Å². The van der Waals surface area contributed by atoms with Gasteiger partial charge in [0.25, 0.3) is 0 Å². The molecule has 0 bridgehead atoms. The molecule has 90 valence electrons. The third-order valence-corrected chi connectivity index (χ3v) is 3.58. The Labute approximate surface area is 117 Å². The van der Waals surface area contributed by atoms with Crippen LogP contribution in [0.2, 0.25) is 10.3 Å². The van der Waals surface area contributed by atoms with Crippen LogP contribution in [0.25, 0.3) is 10.2 Å². The molecule has 0 fully saturated rings. The van der Waals surface area contributed by atoms with E-state index in [-0.39, 0.29) is 5.15 Å². The lowest BCUT2D eigenvalue weighted by Crippen LogP contribution is -1.94. The van der Waals surface area contributed by atoms with Gasteiger partial charge in [0, 0.05) is 11.8 Å². The van der Waals surface area contributed by atoms with E-state index in [1.165, 1.54) is 0 Å². The fourth-order valence-corrected chi connectivity index (χ4v) is 2.53. The van der Waals surface area contributed by atoms with Crippen molar-refractivity contribution in [1.82, 2.24) is 15.2 Å². The zero-order valence-electron chi connectivity index (χ0n) is 8.89. The maximum atomic E-state index is 5.94. The van der Waals surface area contributed by atoms with Gasteiger partial charge in [-0.2, -0.15) is 0 Å². The number of rotatable bonds is 2. The molecule has 0 spiro atoms. The highest BCUT2D eigenvalue weighted by Gasteiger charge is 2.05. The average Bonchev–Trinajstić information content (AvgIpc) is 2.81. The molecule has 3 rings (SSSR count). The van der Waals surface area contributed by atoms with Crippen molar-refractivity contribution in [2.45, 2.75) is 0 Å². The van der Waals surface area contributed by atoms with Crippen molar-refractivity contribution < 1.29 is 0 Å². The average molecular weight is 297 g/mol. The van der Waals surface area contributed by atoms with Crippen molar-refractivity contribution in [3.8, 4) is 0 Å². The van der Waals surface area contributed by atoms with Gasteiger partial charge in [-0.15, -0.1) is 21.5 Å². The summed E-state index contributed by atoms with van der Waals surface area (Å²) < 4.78 is 1.10. The predicted molar refractivity (Wildman–Crippen MR) is 75.0 cm³/mol. The number of anilines is 2. The molecule has 0 saturated carbocycles. The molecule has 0 amide bonds.